The molecule has 32 heavy (non-hydrogen) atoms. The molecule has 2 aromatic heterocycles. The van der Waals surface area contributed by atoms with Crippen molar-refractivity contribution in [3.05, 3.63) is 71.7 Å². The van der Waals surface area contributed by atoms with Crippen LogP contribution in [0.4, 0.5) is 10.6 Å². The Labute approximate surface area is 186 Å². The van der Waals surface area contributed by atoms with Gasteiger partial charge in [-0.15, -0.1) is 0 Å². The van der Waals surface area contributed by atoms with Gasteiger partial charge in [0.25, 0.3) is 0 Å². The normalized spacial score (nSPS) is 14.3. The van der Waals surface area contributed by atoms with E-state index < -0.39 is 0 Å². The molecule has 1 aliphatic carbocycles. The summed E-state index contributed by atoms with van der Waals surface area (Å²) in [5.41, 5.74) is 3.90. The smallest absolute Gasteiger partial charge is 0.320 e. The summed E-state index contributed by atoms with van der Waals surface area (Å²) >= 11 is 0. The molecule has 1 fully saturated rings. The predicted octanol–water partition coefficient (Wildman–Crippen LogP) is 4.29. The van der Waals surface area contributed by atoms with Crippen LogP contribution in [0.5, 0.6) is 5.75 Å². The molecule has 0 saturated heterocycles. The van der Waals surface area contributed by atoms with Crippen LogP contribution in [-0.4, -0.2) is 32.9 Å². The number of imidazole rings is 1. The average molecular weight is 431 g/mol. The first-order valence-corrected chi connectivity index (χ1v) is 10.8. The van der Waals surface area contributed by atoms with Crippen LogP contribution >= 0.6 is 0 Å². The molecule has 164 valence electrons. The molecule has 8 heteroatoms. The lowest BCUT2D eigenvalue weighted by Gasteiger charge is -2.17. The van der Waals surface area contributed by atoms with Crippen LogP contribution < -0.4 is 15.4 Å². The molecule has 0 bridgehead atoms. The van der Waals surface area contributed by atoms with Crippen LogP contribution in [0.1, 0.15) is 41.9 Å². The standard InChI is InChI=1S/C24H26N6O2/c1-30-22(14-20(29-30)16-9-10-16)28-24(31)27-21(13-15-7-11-17(32-2)12-8-15)23-25-18-5-3-4-6-19(18)26-23/h3-8,11-12,14,16,21H,9-10,13H2,1-2H3,(H,25,26)(H2,27,28,31)/t21-/m1/s1. The van der Waals surface area contributed by atoms with Crippen molar-refractivity contribution in [2.75, 3.05) is 12.4 Å². The lowest BCUT2D eigenvalue weighted by atomic mass is 10.1. The molecule has 0 radical (unpaired) electrons. The number of H-pyrrole nitrogens is 1. The maximum atomic E-state index is 12.9. The highest BCUT2D eigenvalue weighted by atomic mass is 16.5. The third kappa shape index (κ3) is 4.30. The highest BCUT2D eigenvalue weighted by Crippen LogP contribution is 2.39. The molecule has 4 aromatic rings. The number of para-hydroxylation sites is 2. The van der Waals surface area contributed by atoms with Crippen molar-refractivity contribution >= 4 is 22.9 Å². The quantitative estimate of drug-likeness (QED) is 0.407. The Hall–Kier alpha value is -3.81. The van der Waals surface area contributed by atoms with E-state index in [1.165, 1.54) is 12.8 Å². The number of nitrogens with zero attached hydrogens (tertiary/aromatic N) is 3. The van der Waals surface area contributed by atoms with E-state index in [2.05, 4.69) is 20.7 Å². The number of carbonyl (C=O) groups is 1. The lowest BCUT2D eigenvalue weighted by Crippen LogP contribution is -2.34. The van der Waals surface area contributed by atoms with Crippen LogP contribution in [0, 0.1) is 0 Å². The fourth-order valence-corrected chi connectivity index (χ4v) is 3.85. The van der Waals surface area contributed by atoms with E-state index in [9.17, 15) is 4.79 Å². The van der Waals surface area contributed by atoms with Crippen molar-refractivity contribution in [3.63, 3.8) is 0 Å². The first-order valence-electron chi connectivity index (χ1n) is 10.8. The number of nitrogens with one attached hydrogen (secondary N) is 3. The van der Waals surface area contributed by atoms with E-state index in [0.717, 1.165) is 28.0 Å². The van der Waals surface area contributed by atoms with Gasteiger partial charge in [0.1, 0.15) is 17.4 Å². The Balaban J connectivity index is 1.37. The van der Waals surface area contributed by atoms with Crippen molar-refractivity contribution in [2.24, 2.45) is 7.05 Å². The van der Waals surface area contributed by atoms with Crippen LogP contribution in [0.2, 0.25) is 0 Å². The lowest BCUT2D eigenvalue weighted by molar-refractivity contribution is 0.248. The molecule has 5 rings (SSSR count). The molecular weight excluding hydrogens is 404 g/mol. The van der Waals surface area contributed by atoms with E-state index >= 15 is 0 Å². The summed E-state index contributed by atoms with van der Waals surface area (Å²) < 4.78 is 6.97. The maximum absolute atomic E-state index is 12.9. The summed E-state index contributed by atoms with van der Waals surface area (Å²) in [6.07, 6.45) is 2.91. The van der Waals surface area contributed by atoms with Crippen LogP contribution in [0.3, 0.4) is 0 Å². The van der Waals surface area contributed by atoms with Gasteiger partial charge in [-0.05, 0) is 49.1 Å². The minimum absolute atomic E-state index is 0.297. The van der Waals surface area contributed by atoms with Gasteiger partial charge in [-0.2, -0.15) is 5.10 Å². The van der Waals surface area contributed by atoms with Gasteiger partial charge in [0.2, 0.25) is 0 Å². The van der Waals surface area contributed by atoms with Gasteiger partial charge in [-0.3, -0.25) is 10.00 Å². The minimum atomic E-state index is -0.341. The van der Waals surface area contributed by atoms with Gasteiger partial charge in [0.05, 0.1) is 29.9 Å². The van der Waals surface area contributed by atoms with Crippen LogP contribution in [0.15, 0.2) is 54.6 Å². The molecule has 0 unspecified atom stereocenters. The molecule has 8 nitrogen and oxygen atoms in total. The molecule has 1 saturated carbocycles. The highest BCUT2D eigenvalue weighted by Gasteiger charge is 2.27. The molecule has 1 aliphatic rings. The zero-order valence-corrected chi connectivity index (χ0v) is 18.1. The Morgan fingerprint density at radius 2 is 2.00 bits per heavy atom. The largest absolute Gasteiger partial charge is 0.497 e. The van der Waals surface area contributed by atoms with E-state index in [-0.39, 0.29) is 12.1 Å². The molecule has 0 aliphatic heterocycles. The van der Waals surface area contributed by atoms with Crippen molar-refractivity contribution in [3.8, 4) is 5.75 Å². The number of anilines is 1. The molecular formula is C24H26N6O2. The van der Waals surface area contributed by atoms with Gasteiger partial charge in [-0.1, -0.05) is 24.3 Å². The number of methoxy groups -OCH3 is 1. The van der Waals surface area contributed by atoms with Gasteiger partial charge >= 0.3 is 6.03 Å². The van der Waals surface area contributed by atoms with Crippen molar-refractivity contribution in [1.29, 1.82) is 0 Å². The van der Waals surface area contributed by atoms with Crippen LogP contribution in [0.25, 0.3) is 11.0 Å². The van der Waals surface area contributed by atoms with E-state index in [0.29, 0.717) is 24.0 Å². The first-order chi connectivity index (χ1) is 15.6. The topological polar surface area (TPSA) is 96.9 Å². The summed E-state index contributed by atoms with van der Waals surface area (Å²) in [5.74, 6) is 2.71. The average Bonchev–Trinajstić information content (AvgIpc) is 3.46. The summed E-state index contributed by atoms with van der Waals surface area (Å²) in [5, 5.41) is 10.5. The molecule has 2 aromatic carbocycles. The maximum Gasteiger partial charge on any atom is 0.320 e. The first kappa shape index (κ1) is 20.1. The number of benzene rings is 2. The van der Waals surface area contributed by atoms with Crippen molar-refractivity contribution < 1.29 is 9.53 Å². The van der Waals surface area contributed by atoms with Crippen LogP contribution in [-0.2, 0) is 13.5 Å². The number of ether oxygens (including phenoxy) is 1. The van der Waals surface area contributed by atoms with Gasteiger partial charge in [0, 0.05) is 19.0 Å². The van der Waals surface area contributed by atoms with E-state index in [1.54, 1.807) is 11.8 Å². The zero-order chi connectivity index (χ0) is 22.1. The zero-order valence-electron chi connectivity index (χ0n) is 18.1. The van der Waals surface area contributed by atoms with Gasteiger partial charge in [0.15, 0.2) is 0 Å². The number of hydrogen-bond donors (Lipinski definition) is 3. The Kier molecular flexibility index (Phi) is 5.26. The molecule has 2 heterocycles. The van der Waals surface area contributed by atoms with Gasteiger partial charge in [-0.25, -0.2) is 9.78 Å². The summed E-state index contributed by atoms with van der Waals surface area (Å²) in [6, 6.07) is 17.0. The SMILES string of the molecule is COc1ccc(C[C@@H](NC(=O)Nc2cc(C3CC3)nn2C)c2nc3ccccc3[nH]2)cc1. The van der Waals surface area contributed by atoms with E-state index in [4.69, 9.17) is 9.72 Å². The second-order valence-electron chi connectivity index (χ2n) is 8.19. The summed E-state index contributed by atoms with van der Waals surface area (Å²) in [6.45, 7) is 0. The number of urea groups is 1. The van der Waals surface area contributed by atoms with Crippen molar-refractivity contribution in [2.45, 2.75) is 31.2 Å². The summed E-state index contributed by atoms with van der Waals surface area (Å²) in [7, 11) is 3.49. The number of aromatic nitrogens is 4. The number of fused-ring (bicyclic) bond motifs is 1. The summed E-state index contributed by atoms with van der Waals surface area (Å²) in [4.78, 5) is 21.0. The monoisotopic (exact) mass is 430 g/mol. The highest BCUT2D eigenvalue weighted by molar-refractivity contribution is 5.88. The Morgan fingerprint density at radius 1 is 1.22 bits per heavy atom. The Morgan fingerprint density at radius 3 is 2.72 bits per heavy atom. The molecule has 0 spiro atoms. The fourth-order valence-electron chi connectivity index (χ4n) is 3.85. The molecule has 3 N–H and O–H groups in total. The second-order valence-corrected chi connectivity index (χ2v) is 8.19. The number of aromatic amines is 1. The fraction of sp³-hybridized carbons (Fsp3) is 0.292. The van der Waals surface area contributed by atoms with E-state index in [1.807, 2.05) is 61.6 Å². The second kappa shape index (κ2) is 8.37. The number of rotatable bonds is 7. The van der Waals surface area contributed by atoms with Gasteiger partial charge < -0.3 is 15.0 Å². The number of amides is 2. The number of carbonyl (C=O) groups excluding carboxylic acids is 1. The molecule has 2 amide bonds. The minimum Gasteiger partial charge on any atom is -0.497 e. The predicted molar refractivity (Wildman–Crippen MR) is 123 cm³/mol. The number of aryl methyl sites for hydroxylation is 1. The third-order valence-corrected chi connectivity index (χ3v) is 5.78. The number of hydrogen-bond acceptors (Lipinski definition) is 4. The molecule has 1 atom stereocenters. The Bertz CT molecular complexity index is 1210. The van der Waals surface area contributed by atoms with Crippen molar-refractivity contribution in [1.82, 2.24) is 25.1 Å². The third-order valence-electron chi connectivity index (χ3n) is 5.78.